The third kappa shape index (κ3) is 53.4. The minimum absolute atomic E-state index is 0.0811. The van der Waals surface area contributed by atoms with Crippen LogP contribution in [0.3, 0.4) is 0 Å². The zero-order chi connectivity index (χ0) is 48.6. The Morgan fingerprint density at radius 3 is 0.940 bits per heavy atom. The molecule has 1 unspecified atom stereocenters. The van der Waals surface area contributed by atoms with Crippen LogP contribution in [-0.2, 0) is 28.6 Å². The lowest BCUT2D eigenvalue weighted by Crippen LogP contribution is -2.30. The van der Waals surface area contributed by atoms with Crippen molar-refractivity contribution in [2.45, 2.75) is 271 Å². The Bertz CT molecular complexity index is 1300. The molecule has 0 aromatic heterocycles. The van der Waals surface area contributed by atoms with Crippen LogP contribution in [0.4, 0.5) is 0 Å². The molecule has 0 fully saturated rings. The molecule has 0 radical (unpaired) electrons. The van der Waals surface area contributed by atoms with Gasteiger partial charge in [0.25, 0.3) is 0 Å². The van der Waals surface area contributed by atoms with Gasteiger partial charge >= 0.3 is 17.9 Å². The smallest absolute Gasteiger partial charge is 0.306 e. The second-order valence-electron chi connectivity index (χ2n) is 18.5. The van der Waals surface area contributed by atoms with E-state index in [1.807, 2.05) is 0 Å². The summed E-state index contributed by atoms with van der Waals surface area (Å²) in [5, 5.41) is 0. The number of carbonyl (C=O) groups excluding carboxylic acids is 3. The SMILES string of the molecule is CC/C=C\C/C=C\C/C=C\C/C=C\C/C=C\CCCCCCCCCC(=O)OCC(COC(=O)CCCCCCCCC)OC(=O)CCCCCCCCCCC/C=C\C/C=C\CCCCC. The summed E-state index contributed by atoms with van der Waals surface area (Å²) < 4.78 is 16.8. The third-order valence-electron chi connectivity index (χ3n) is 11.9. The molecule has 0 aliphatic carbocycles. The molecule has 0 N–H and O–H groups in total. The molecule has 0 aliphatic heterocycles. The number of hydrogen-bond donors (Lipinski definition) is 0. The van der Waals surface area contributed by atoms with Crippen molar-refractivity contribution in [3.8, 4) is 0 Å². The lowest BCUT2D eigenvalue weighted by atomic mass is 10.1. The monoisotopic (exact) mass is 933 g/mol. The first-order valence-electron chi connectivity index (χ1n) is 28.1. The van der Waals surface area contributed by atoms with Crippen LogP contribution in [0.2, 0.25) is 0 Å². The van der Waals surface area contributed by atoms with Crippen molar-refractivity contribution in [3.05, 3.63) is 85.1 Å². The van der Waals surface area contributed by atoms with Gasteiger partial charge in [-0.2, -0.15) is 0 Å². The van der Waals surface area contributed by atoms with Gasteiger partial charge in [-0.1, -0.05) is 234 Å². The number of rotatable bonds is 50. The Hall–Kier alpha value is -3.41. The molecule has 1 atom stereocenters. The van der Waals surface area contributed by atoms with E-state index in [9.17, 15) is 14.4 Å². The van der Waals surface area contributed by atoms with Gasteiger partial charge in [0.1, 0.15) is 13.2 Å². The number of carbonyl (C=O) groups is 3. The van der Waals surface area contributed by atoms with Gasteiger partial charge in [-0.15, -0.1) is 0 Å². The molecule has 0 rings (SSSR count). The van der Waals surface area contributed by atoms with Gasteiger partial charge in [0.05, 0.1) is 0 Å². The predicted molar refractivity (Wildman–Crippen MR) is 288 cm³/mol. The van der Waals surface area contributed by atoms with Crippen molar-refractivity contribution in [1.29, 1.82) is 0 Å². The summed E-state index contributed by atoms with van der Waals surface area (Å²) in [6.07, 6.45) is 71.6. The van der Waals surface area contributed by atoms with E-state index in [1.54, 1.807) is 0 Å². The van der Waals surface area contributed by atoms with Gasteiger partial charge in [-0.05, 0) is 96.3 Å². The van der Waals surface area contributed by atoms with Crippen molar-refractivity contribution in [3.63, 3.8) is 0 Å². The fourth-order valence-electron chi connectivity index (χ4n) is 7.68. The van der Waals surface area contributed by atoms with Gasteiger partial charge < -0.3 is 14.2 Å². The highest BCUT2D eigenvalue weighted by Gasteiger charge is 2.19. The molecule has 0 bridgehead atoms. The van der Waals surface area contributed by atoms with Crippen LogP contribution in [0.1, 0.15) is 265 Å². The normalized spacial score (nSPS) is 12.7. The highest BCUT2D eigenvalue weighted by molar-refractivity contribution is 5.71. The average Bonchev–Trinajstić information content (AvgIpc) is 3.33. The van der Waals surface area contributed by atoms with Gasteiger partial charge in [-0.25, -0.2) is 0 Å². The molecular weight excluding hydrogens is 829 g/mol. The molecule has 0 saturated carbocycles. The number of allylic oxidation sites excluding steroid dienone is 14. The van der Waals surface area contributed by atoms with E-state index in [1.165, 1.54) is 122 Å². The first-order chi connectivity index (χ1) is 33.0. The minimum Gasteiger partial charge on any atom is -0.462 e. The Labute approximate surface area is 414 Å². The summed E-state index contributed by atoms with van der Waals surface area (Å²) in [6.45, 7) is 6.45. The predicted octanol–water partition coefficient (Wildman–Crippen LogP) is 18.8. The van der Waals surface area contributed by atoms with E-state index in [0.717, 1.165) is 103 Å². The molecule has 0 amide bonds. The van der Waals surface area contributed by atoms with Crippen LogP contribution in [-0.4, -0.2) is 37.2 Å². The van der Waals surface area contributed by atoms with E-state index >= 15 is 0 Å². The molecule has 0 aromatic carbocycles. The zero-order valence-electron chi connectivity index (χ0n) is 43.9. The van der Waals surface area contributed by atoms with E-state index in [-0.39, 0.29) is 31.1 Å². The molecule has 67 heavy (non-hydrogen) atoms. The number of unbranched alkanes of at least 4 members (excludes halogenated alkanes) is 25. The van der Waals surface area contributed by atoms with Crippen LogP contribution in [0, 0.1) is 0 Å². The first-order valence-corrected chi connectivity index (χ1v) is 28.1. The van der Waals surface area contributed by atoms with E-state index in [0.29, 0.717) is 19.3 Å². The standard InChI is InChI=1S/C61H104O6/c1-4-7-10-13-16-18-20-22-24-26-28-29-30-31-33-34-36-38-40-42-45-48-51-54-60(63)66-57-58(56-65-59(62)53-50-47-44-15-12-9-6-3)67-61(64)55-52-49-46-43-41-39-37-35-32-27-25-23-21-19-17-14-11-8-5-2/h7,10,16-19,22-25,28-29,31,33,58H,4-6,8-9,11-15,20-21,26-27,30,32,34-57H2,1-3H3/b10-7-,18-16-,19-17-,24-22-,25-23-,29-28-,33-31-. The van der Waals surface area contributed by atoms with Crippen LogP contribution in [0.25, 0.3) is 0 Å². The summed E-state index contributed by atoms with van der Waals surface area (Å²) >= 11 is 0. The second-order valence-corrected chi connectivity index (χ2v) is 18.5. The van der Waals surface area contributed by atoms with E-state index in [4.69, 9.17) is 14.2 Å². The molecule has 384 valence electrons. The van der Waals surface area contributed by atoms with Crippen molar-refractivity contribution in [1.82, 2.24) is 0 Å². The van der Waals surface area contributed by atoms with Crippen LogP contribution in [0.5, 0.6) is 0 Å². The molecule has 6 nitrogen and oxygen atoms in total. The highest BCUT2D eigenvalue weighted by atomic mass is 16.6. The van der Waals surface area contributed by atoms with Gasteiger partial charge in [0.2, 0.25) is 0 Å². The van der Waals surface area contributed by atoms with Gasteiger partial charge in [-0.3, -0.25) is 14.4 Å². The quantitative estimate of drug-likeness (QED) is 0.0262. The Morgan fingerprint density at radius 2 is 0.582 bits per heavy atom. The maximum atomic E-state index is 12.8. The van der Waals surface area contributed by atoms with Crippen molar-refractivity contribution in [2.75, 3.05) is 13.2 Å². The molecule has 0 saturated heterocycles. The molecule has 0 spiro atoms. The van der Waals surface area contributed by atoms with Gasteiger partial charge in [0.15, 0.2) is 6.10 Å². The average molecular weight is 933 g/mol. The topological polar surface area (TPSA) is 78.9 Å². The molecule has 0 aliphatic rings. The fourth-order valence-corrected chi connectivity index (χ4v) is 7.68. The Kier molecular flexibility index (Phi) is 52.4. The second kappa shape index (κ2) is 55.2. The van der Waals surface area contributed by atoms with Crippen molar-refractivity contribution in [2.24, 2.45) is 0 Å². The summed E-state index contributed by atoms with van der Waals surface area (Å²) in [6, 6.07) is 0. The lowest BCUT2D eigenvalue weighted by Gasteiger charge is -2.18. The summed E-state index contributed by atoms with van der Waals surface area (Å²) in [4.78, 5) is 37.9. The molecule has 0 heterocycles. The summed E-state index contributed by atoms with van der Waals surface area (Å²) in [5.41, 5.74) is 0. The van der Waals surface area contributed by atoms with E-state index in [2.05, 4.69) is 106 Å². The van der Waals surface area contributed by atoms with Crippen LogP contribution < -0.4 is 0 Å². The summed E-state index contributed by atoms with van der Waals surface area (Å²) in [5.74, 6) is -0.900. The lowest BCUT2D eigenvalue weighted by molar-refractivity contribution is -0.167. The van der Waals surface area contributed by atoms with Crippen molar-refractivity contribution < 1.29 is 28.6 Å². The van der Waals surface area contributed by atoms with Crippen LogP contribution >= 0.6 is 0 Å². The van der Waals surface area contributed by atoms with Crippen LogP contribution in [0.15, 0.2) is 85.1 Å². The zero-order valence-corrected chi connectivity index (χ0v) is 43.9. The molecular formula is C61H104O6. The summed E-state index contributed by atoms with van der Waals surface area (Å²) in [7, 11) is 0. The third-order valence-corrected chi connectivity index (χ3v) is 11.9. The maximum absolute atomic E-state index is 12.8. The van der Waals surface area contributed by atoms with Gasteiger partial charge in [0, 0.05) is 19.3 Å². The fraction of sp³-hybridized carbons (Fsp3) is 0.721. The highest BCUT2D eigenvalue weighted by Crippen LogP contribution is 2.15. The maximum Gasteiger partial charge on any atom is 0.306 e. The minimum atomic E-state index is -0.781. The first kappa shape index (κ1) is 63.6. The number of esters is 3. The largest absolute Gasteiger partial charge is 0.462 e. The van der Waals surface area contributed by atoms with Crippen molar-refractivity contribution >= 4 is 17.9 Å². The Morgan fingerprint density at radius 1 is 0.313 bits per heavy atom. The number of ether oxygens (including phenoxy) is 3. The molecule has 0 aromatic rings. The van der Waals surface area contributed by atoms with E-state index < -0.39 is 6.10 Å². The number of hydrogen-bond acceptors (Lipinski definition) is 6. The Balaban J connectivity index is 4.24. The molecule has 6 heteroatoms.